The van der Waals surface area contributed by atoms with Crippen molar-refractivity contribution >= 4 is 11.9 Å². The van der Waals surface area contributed by atoms with E-state index < -0.39 is 0 Å². The Bertz CT molecular complexity index is 103. The minimum absolute atomic E-state index is 0.475. The van der Waals surface area contributed by atoms with Gasteiger partial charge >= 0.3 is 0 Å². The molecule has 0 spiro atoms. The van der Waals surface area contributed by atoms with Gasteiger partial charge in [0, 0.05) is 11.9 Å². The molecule has 0 saturated carbocycles. The largest absolute Gasteiger partial charge is 0.309 e. The molecule has 2 heteroatoms. The number of hydrogen-bond acceptors (Lipinski definition) is 2. The zero-order chi connectivity index (χ0) is 7.70. The number of nitrogens with one attached hydrogen (secondary N) is 2. The first-order valence-corrected chi connectivity index (χ1v) is 2.99. The highest BCUT2D eigenvalue weighted by Gasteiger charge is 1.68. The van der Waals surface area contributed by atoms with E-state index in [4.69, 9.17) is 10.8 Å². The van der Waals surface area contributed by atoms with Crippen molar-refractivity contribution in [3.63, 3.8) is 0 Å². The Morgan fingerprint density at radius 2 is 1.78 bits per heavy atom. The molecule has 0 fully saturated rings. The van der Waals surface area contributed by atoms with Crippen LogP contribution in [0.2, 0.25) is 0 Å². The number of allylic oxidation sites excluding steroid dienone is 2. The quantitative estimate of drug-likeness (QED) is 0.533. The van der Waals surface area contributed by atoms with E-state index in [1.807, 2.05) is 13.8 Å². The van der Waals surface area contributed by atoms with E-state index in [2.05, 4.69) is 0 Å². The monoisotopic (exact) mass is 126 g/mol. The third kappa shape index (κ3) is 19.3. The summed E-state index contributed by atoms with van der Waals surface area (Å²) in [6.45, 7) is 5.67. The van der Waals surface area contributed by atoms with Crippen LogP contribution in [0.1, 0.15) is 20.8 Å². The van der Waals surface area contributed by atoms with Gasteiger partial charge in [-0.05, 0) is 19.1 Å². The van der Waals surface area contributed by atoms with Crippen LogP contribution in [0, 0.1) is 10.8 Å². The van der Waals surface area contributed by atoms with Crippen LogP contribution >= 0.6 is 0 Å². The van der Waals surface area contributed by atoms with E-state index in [1.165, 1.54) is 6.08 Å². The summed E-state index contributed by atoms with van der Waals surface area (Å²) in [6, 6.07) is 0. The molecule has 0 aromatic rings. The van der Waals surface area contributed by atoms with Crippen LogP contribution in [-0.2, 0) is 0 Å². The second-order valence-corrected chi connectivity index (χ2v) is 1.21. The van der Waals surface area contributed by atoms with Crippen molar-refractivity contribution in [3.8, 4) is 0 Å². The summed E-state index contributed by atoms with van der Waals surface area (Å²) in [7, 11) is 0. The van der Waals surface area contributed by atoms with Crippen molar-refractivity contribution in [3.05, 3.63) is 12.2 Å². The molecule has 0 aliphatic rings. The summed E-state index contributed by atoms with van der Waals surface area (Å²) in [6.07, 6.45) is 4.23. The van der Waals surface area contributed by atoms with Crippen LogP contribution in [0.4, 0.5) is 0 Å². The molecule has 0 amide bonds. The van der Waals surface area contributed by atoms with E-state index >= 15 is 0 Å². The third-order valence-electron chi connectivity index (χ3n) is 0.442. The predicted octanol–water partition coefficient (Wildman–Crippen LogP) is 2.26. The Hall–Kier alpha value is -0.920. The van der Waals surface area contributed by atoms with Crippen molar-refractivity contribution < 1.29 is 0 Å². The lowest BCUT2D eigenvalue weighted by Gasteiger charge is -1.74. The average molecular weight is 126 g/mol. The van der Waals surface area contributed by atoms with E-state index in [0.29, 0.717) is 5.71 Å². The molecular weight excluding hydrogens is 112 g/mol. The van der Waals surface area contributed by atoms with Crippen LogP contribution in [0.5, 0.6) is 0 Å². The standard InChI is InChI=1S/C5H8N2.C2H6/c1-5(7)3-2-4-6;1-2/h2-4,6-7H,1H3;1-2H3/b3-2-,6-4?,7-5?;. The summed E-state index contributed by atoms with van der Waals surface area (Å²) in [5.41, 5.74) is 0.475. The first-order chi connectivity index (χ1) is 4.27. The SMILES string of the molecule is CC.CC(=N)/C=C\C=N. The molecule has 0 atom stereocenters. The lowest BCUT2D eigenvalue weighted by molar-refractivity contribution is 1.50. The van der Waals surface area contributed by atoms with Crippen LogP contribution in [0.3, 0.4) is 0 Å². The molecule has 2 nitrogen and oxygen atoms in total. The van der Waals surface area contributed by atoms with Gasteiger partial charge in [0.25, 0.3) is 0 Å². The van der Waals surface area contributed by atoms with Crippen molar-refractivity contribution in [1.29, 1.82) is 10.8 Å². The molecule has 0 bridgehead atoms. The summed E-state index contributed by atoms with van der Waals surface area (Å²) >= 11 is 0. The fraction of sp³-hybridized carbons (Fsp3) is 0.429. The zero-order valence-corrected chi connectivity index (χ0v) is 6.23. The van der Waals surface area contributed by atoms with Crippen molar-refractivity contribution in [2.75, 3.05) is 0 Å². The molecular formula is C7H14N2. The van der Waals surface area contributed by atoms with Crippen molar-refractivity contribution in [2.24, 2.45) is 0 Å². The minimum atomic E-state index is 0.475. The smallest absolute Gasteiger partial charge is 0.0283 e. The molecule has 0 radical (unpaired) electrons. The Balaban J connectivity index is 0. The summed E-state index contributed by atoms with van der Waals surface area (Å²) in [5.74, 6) is 0. The first kappa shape index (κ1) is 11.0. The topological polar surface area (TPSA) is 47.7 Å². The Morgan fingerprint density at radius 3 is 1.89 bits per heavy atom. The van der Waals surface area contributed by atoms with Gasteiger partial charge in [0.05, 0.1) is 0 Å². The van der Waals surface area contributed by atoms with Gasteiger partial charge in [-0.2, -0.15) is 0 Å². The van der Waals surface area contributed by atoms with Gasteiger partial charge in [-0.3, -0.25) is 0 Å². The van der Waals surface area contributed by atoms with Crippen LogP contribution < -0.4 is 0 Å². The van der Waals surface area contributed by atoms with E-state index in [-0.39, 0.29) is 0 Å². The Labute approximate surface area is 56.6 Å². The van der Waals surface area contributed by atoms with Crippen LogP contribution in [-0.4, -0.2) is 11.9 Å². The maximum atomic E-state index is 6.81. The third-order valence-corrected chi connectivity index (χ3v) is 0.442. The normalized spacial score (nSPS) is 7.89. The van der Waals surface area contributed by atoms with Gasteiger partial charge in [0.15, 0.2) is 0 Å². The van der Waals surface area contributed by atoms with Crippen LogP contribution in [0.25, 0.3) is 0 Å². The molecule has 0 aliphatic carbocycles. The van der Waals surface area contributed by atoms with Gasteiger partial charge in [0.2, 0.25) is 0 Å². The summed E-state index contributed by atoms with van der Waals surface area (Å²) in [4.78, 5) is 0. The summed E-state index contributed by atoms with van der Waals surface area (Å²) in [5, 5.41) is 13.3. The number of hydrogen-bond donors (Lipinski definition) is 2. The van der Waals surface area contributed by atoms with Gasteiger partial charge in [-0.25, -0.2) is 0 Å². The van der Waals surface area contributed by atoms with Gasteiger partial charge in [-0.15, -0.1) is 0 Å². The van der Waals surface area contributed by atoms with Crippen molar-refractivity contribution in [1.82, 2.24) is 0 Å². The average Bonchev–Trinajstić information content (AvgIpc) is 1.88. The Kier molecular flexibility index (Phi) is 12.3. The Morgan fingerprint density at radius 1 is 1.33 bits per heavy atom. The highest BCUT2D eigenvalue weighted by molar-refractivity contribution is 5.93. The molecule has 2 N–H and O–H groups in total. The van der Waals surface area contributed by atoms with Gasteiger partial charge in [-0.1, -0.05) is 13.8 Å². The highest BCUT2D eigenvalue weighted by atomic mass is 14.4. The molecule has 0 aromatic heterocycles. The second-order valence-electron chi connectivity index (χ2n) is 1.21. The van der Waals surface area contributed by atoms with Gasteiger partial charge in [0.1, 0.15) is 0 Å². The van der Waals surface area contributed by atoms with E-state index in [1.54, 1.807) is 13.0 Å². The first-order valence-electron chi connectivity index (χ1n) is 2.99. The molecule has 0 aromatic carbocycles. The molecule has 0 aliphatic heterocycles. The minimum Gasteiger partial charge on any atom is -0.309 e. The lowest BCUT2D eigenvalue weighted by atomic mass is 10.4. The molecule has 52 valence electrons. The fourth-order valence-corrected chi connectivity index (χ4v) is 0.192. The number of rotatable bonds is 2. The molecule has 9 heavy (non-hydrogen) atoms. The van der Waals surface area contributed by atoms with E-state index in [9.17, 15) is 0 Å². The molecule has 0 saturated heterocycles. The van der Waals surface area contributed by atoms with Crippen LogP contribution in [0.15, 0.2) is 12.2 Å². The molecule has 0 heterocycles. The lowest BCUT2D eigenvalue weighted by Crippen LogP contribution is -1.76. The molecule has 0 rings (SSSR count). The highest BCUT2D eigenvalue weighted by Crippen LogP contribution is 1.69. The second kappa shape index (κ2) is 10.1. The summed E-state index contributed by atoms with van der Waals surface area (Å²) < 4.78 is 0. The zero-order valence-electron chi connectivity index (χ0n) is 6.23. The van der Waals surface area contributed by atoms with E-state index in [0.717, 1.165) is 6.21 Å². The predicted molar refractivity (Wildman–Crippen MR) is 42.7 cm³/mol. The molecule has 0 unspecified atom stereocenters. The maximum absolute atomic E-state index is 6.81. The van der Waals surface area contributed by atoms with Gasteiger partial charge < -0.3 is 10.8 Å². The fourth-order valence-electron chi connectivity index (χ4n) is 0.192. The maximum Gasteiger partial charge on any atom is 0.0283 e. The van der Waals surface area contributed by atoms with Crippen molar-refractivity contribution in [2.45, 2.75) is 20.8 Å².